The number of rotatable bonds is 1. The molecule has 0 N–H and O–H groups in total. The number of piperazine rings is 1. The van der Waals surface area contributed by atoms with Crippen LogP contribution in [0.15, 0.2) is 0 Å². The average Bonchev–Trinajstić information content (AvgIpc) is 2.03. The summed E-state index contributed by atoms with van der Waals surface area (Å²) in [6.45, 7) is 8.15. The first kappa shape index (κ1) is 11.9. The van der Waals surface area contributed by atoms with Crippen molar-refractivity contribution in [1.82, 2.24) is 9.21 Å². The molecule has 0 radical (unpaired) electrons. The summed E-state index contributed by atoms with van der Waals surface area (Å²) in [6, 6.07) is 0. The standard InChI is InChI=1S/C9H20N2O2S/c1-9(2,3)14(12,13)11-7-5-10(4)6-8-11/h5-8H2,1-4H3. The van der Waals surface area contributed by atoms with Gasteiger partial charge in [-0.05, 0) is 27.8 Å². The fourth-order valence-electron chi connectivity index (χ4n) is 1.42. The molecule has 1 saturated heterocycles. The number of likely N-dealkylation sites (N-methyl/N-ethyl adjacent to an activating group) is 1. The molecule has 0 unspecified atom stereocenters. The van der Waals surface area contributed by atoms with E-state index in [0.717, 1.165) is 13.1 Å². The lowest BCUT2D eigenvalue weighted by molar-refractivity contribution is 0.219. The number of sulfonamides is 1. The molecule has 0 aliphatic carbocycles. The molecule has 0 saturated carbocycles. The Labute approximate surface area is 86.9 Å². The van der Waals surface area contributed by atoms with Crippen LogP contribution in [0.1, 0.15) is 20.8 Å². The molecule has 84 valence electrons. The summed E-state index contributed by atoms with van der Waals surface area (Å²) < 4.78 is 25.0. The van der Waals surface area contributed by atoms with Crippen LogP contribution in [0.5, 0.6) is 0 Å². The third kappa shape index (κ3) is 2.27. The second kappa shape index (κ2) is 3.79. The number of hydrogen-bond acceptors (Lipinski definition) is 3. The lowest BCUT2D eigenvalue weighted by Gasteiger charge is -2.35. The largest absolute Gasteiger partial charge is 0.304 e. The van der Waals surface area contributed by atoms with Crippen molar-refractivity contribution >= 4 is 10.0 Å². The predicted octanol–water partition coefficient (Wildman–Crippen LogP) is 0.362. The molecule has 4 nitrogen and oxygen atoms in total. The van der Waals surface area contributed by atoms with Crippen LogP contribution in [0.4, 0.5) is 0 Å². The minimum Gasteiger partial charge on any atom is -0.304 e. The van der Waals surface area contributed by atoms with Crippen LogP contribution in [0.2, 0.25) is 0 Å². The molecule has 1 heterocycles. The number of nitrogens with zero attached hydrogens (tertiary/aromatic N) is 2. The fourth-order valence-corrected chi connectivity index (χ4v) is 2.83. The second-order valence-corrected chi connectivity index (χ2v) is 7.51. The fraction of sp³-hybridized carbons (Fsp3) is 1.00. The molecule has 0 atom stereocenters. The quantitative estimate of drug-likeness (QED) is 0.641. The van der Waals surface area contributed by atoms with Gasteiger partial charge in [0.1, 0.15) is 0 Å². The van der Waals surface area contributed by atoms with Crippen molar-refractivity contribution < 1.29 is 8.42 Å². The molecule has 0 spiro atoms. The first-order chi connectivity index (χ1) is 6.25. The normalized spacial score (nSPS) is 22.6. The lowest BCUT2D eigenvalue weighted by Crippen LogP contribution is -2.51. The third-order valence-electron chi connectivity index (χ3n) is 2.58. The molecule has 1 fully saturated rings. The monoisotopic (exact) mass is 220 g/mol. The Morgan fingerprint density at radius 2 is 1.43 bits per heavy atom. The van der Waals surface area contributed by atoms with Gasteiger partial charge in [-0.25, -0.2) is 8.42 Å². The predicted molar refractivity (Wildman–Crippen MR) is 57.7 cm³/mol. The molecule has 0 bridgehead atoms. The average molecular weight is 220 g/mol. The van der Waals surface area contributed by atoms with E-state index in [4.69, 9.17) is 0 Å². The number of hydrogen-bond donors (Lipinski definition) is 0. The summed E-state index contributed by atoms with van der Waals surface area (Å²) in [5, 5.41) is 0. The van der Waals surface area contributed by atoms with Gasteiger partial charge in [0.05, 0.1) is 4.75 Å². The van der Waals surface area contributed by atoms with E-state index in [-0.39, 0.29) is 0 Å². The molecule has 0 aromatic heterocycles. The van der Waals surface area contributed by atoms with E-state index in [1.54, 1.807) is 25.1 Å². The van der Waals surface area contributed by atoms with Crippen LogP contribution in [0.3, 0.4) is 0 Å². The van der Waals surface area contributed by atoms with Crippen molar-refractivity contribution in [3.05, 3.63) is 0 Å². The molecular weight excluding hydrogens is 200 g/mol. The summed E-state index contributed by atoms with van der Waals surface area (Å²) >= 11 is 0. The van der Waals surface area contributed by atoms with E-state index >= 15 is 0 Å². The zero-order valence-electron chi connectivity index (χ0n) is 9.45. The van der Waals surface area contributed by atoms with Gasteiger partial charge in [-0.1, -0.05) is 0 Å². The Balaban J connectivity index is 2.76. The highest BCUT2D eigenvalue weighted by atomic mass is 32.2. The maximum atomic E-state index is 12.0. The summed E-state index contributed by atoms with van der Waals surface area (Å²) in [4.78, 5) is 2.15. The minimum absolute atomic E-state index is 0.621. The minimum atomic E-state index is -3.12. The van der Waals surface area contributed by atoms with Crippen LogP contribution >= 0.6 is 0 Å². The van der Waals surface area contributed by atoms with Crippen LogP contribution in [-0.2, 0) is 10.0 Å². The zero-order chi connectivity index (χ0) is 11.0. The Morgan fingerprint density at radius 3 is 1.79 bits per heavy atom. The van der Waals surface area contributed by atoms with Crippen LogP contribution in [0.25, 0.3) is 0 Å². The Hall–Kier alpha value is -0.130. The van der Waals surface area contributed by atoms with Gasteiger partial charge in [0.15, 0.2) is 0 Å². The second-order valence-electron chi connectivity index (χ2n) is 4.82. The summed E-state index contributed by atoms with van der Waals surface area (Å²) in [5.74, 6) is 0. The molecule has 5 heteroatoms. The van der Waals surface area contributed by atoms with E-state index in [9.17, 15) is 8.42 Å². The van der Waals surface area contributed by atoms with Gasteiger partial charge >= 0.3 is 0 Å². The van der Waals surface area contributed by atoms with E-state index in [1.807, 2.05) is 7.05 Å². The van der Waals surface area contributed by atoms with Gasteiger partial charge in [-0.2, -0.15) is 4.31 Å². The highest BCUT2D eigenvalue weighted by Crippen LogP contribution is 2.20. The zero-order valence-corrected chi connectivity index (χ0v) is 10.3. The van der Waals surface area contributed by atoms with E-state index in [2.05, 4.69) is 4.90 Å². The summed E-state index contributed by atoms with van der Waals surface area (Å²) in [6.07, 6.45) is 0. The molecule has 1 rings (SSSR count). The highest BCUT2D eigenvalue weighted by molar-refractivity contribution is 7.90. The van der Waals surface area contributed by atoms with Crippen LogP contribution in [-0.4, -0.2) is 55.6 Å². The molecule has 0 aromatic carbocycles. The summed E-state index contributed by atoms with van der Waals surface area (Å²) in [5.41, 5.74) is 0. The van der Waals surface area contributed by atoms with E-state index in [0.29, 0.717) is 13.1 Å². The Morgan fingerprint density at radius 1 is 1.00 bits per heavy atom. The first-order valence-corrected chi connectivity index (χ1v) is 6.37. The Kier molecular flexibility index (Phi) is 3.23. The van der Waals surface area contributed by atoms with Crippen LogP contribution < -0.4 is 0 Å². The van der Waals surface area contributed by atoms with Crippen molar-refractivity contribution in [1.29, 1.82) is 0 Å². The Bertz CT molecular complexity index is 284. The van der Waals surface area contributed by atoms with Crippen molar-refractivity contribution in [2.45, 2.75) is 25.5 Å². The maximum Gasteiger partial charge on any atom is 0.219 e. The smallest absolute Gasteiger partial charge is 0.219 e. The van der Waals surface area contributed by atoms with Gasteiger partial charge in [0, 0.05) is 26.2 Å². The molecule has 1 aliphatic heterocycles. The van der Waals surface area contributed by atoms with Gasteiger partial charge in [-0.3, -0.25) is 0 Å². The van der Waals surface area contributed by atoms with Crippen molar-refractivity contribution in [3.63, 3.8) is 0 Å². The van der Waals surface area contributed by atoms with E-state index in [1.165, 1.54) is 0 Å². The molecular formula is C9H20N2O2S. The molecule has 14 heavy (non-hydrogen) atoms. The van der Waals surface area contributed by atoms with Crippen molar-refractivity contribution in [2.24, 2.45) is 0 Å². The third-order valence-corrected chi connectivity index (χ3v) is 5.17. The topological polar surface area (TPSA) is 40.6 Å². The van der Waals surface area contributed by atoms with Crippen molar-refractivity contribution in [2.75, 3.05) is 33.2 Å². The van der Waals surface area contributed by atoms with Crippen LogP contribution in [0, 0.1) is 0 Å². The van der Waals surface area contributed by atoms with Gasteiger partial charge in [-0.15, -0.1) is 0 Å². The van der Waals surface area contributed by atoms with Gasteiger partial charge < -0.3 is 4.90 Å². The van der Waals surface area contributed by atoms with Crippen molar-refractivity contribution in [3.8, 4) is 0 Å². The highest BCUT2D eigenvalue weighted by Gasteiger charge is 2.36. The molecule has 0 amide bonds. The summed E-state index contributed by atoms with van der Waals surface area (Å²) in [7, 11) is -1.10. The maximum absolute atomic E-state index is 12.0. The molecule has 1 aliphatic rings. The molecule has 0 aromatic rings. The van der Waals surface area contributed by atoms with Gasteiger partial charge in [0.25, 0.3) is 0 Å². The lowest BCUT2D eigenvalue weighted by atomic mass is 10.3. The van der Waals surface area contributed by atoms with E-state index < -0.39 is 14.8 Å². The SMILES string of the molecule is CN1CCN(S(=O)(=O)C(C)(C)C)CC1. The first-order valence-electron chi connectivity index (χ1n) is 4.93. The van der Waals surface area contributed by atoms with Gasteiger partial charge in [0.2, 0.25) is 10.0 Å².